The molecule has 19 heavy (non-hydrogen) atoms. The van der Waals surface area contributed by atoms with Crippen molar-refractivity contribution in [2.45, 2.75) is 51.2 Å². The van der Waals surface area contributed by atoms with E-state index >= 15 is 0 Å². The molecule has 1 aliphatic rings. The van der Waals surface area contributed by atoms with E-state index in [1.807, 2.05) is 6.92 Å². The third-order valence-corrected chi connectivity index (χ3v) is 5.15. The van der Waals surface area contributed by atoms with E-state index in [0.29, 0.717) is 5.56 Å². The highest BCUT2D eigenvalue weighted by Crippen LogP contribution is 2.52. The molecule has 0 bridgehead atoms. The highest BCUT2D eigenvalue weighted by Gasteiger charge is 2.44. The molecule has 1 unspecified atom stereocenters. The smallest absolute Gasteiger partial charge is 0.271 e. The molecule has 3 N–H and O–H groups in total. The van der Waals surface area contributed by atoms with E-state index in [1.54, 1.807) is 5.38 Å². The second-order valence-corrected chi connectivity index (χ2v) is 6.00. The first kappa shape index (κ1) is 14.8. The summed E-state index contributed by atoms with van der Waals surface area (Å²) in [6, 6.07) is -0.414. The average molecular weight is 292 g/mol. The quantitative estimate of drug-likeness (QED) is 0.643. The van der Waals surface area contributed by atoms with Gasteiger partial charge in [0, 0.05) is 5.38 Å². The van der Waals surface area contributed by atoms with Crippen LogP contribution in [0, 0.1) is 5.41 Å². The Balaban J connectivity index is 2.40. The Kier molecular flexibility index (Phi) is 4.23. The normalized spacial score (nSPS) is 20.7. The zero-order valence-electron chi connectivity index (χ0n) is 10.9. The molecule has 1 aliphatic carbocycles. The van der Waals surface area contributed by atoms with Crippen LogP contribution in [0.4, 0.5) is 13.2 Å². The van der Waals surface area contributed by atoms with Gasteiger partial charge in [0.05, 0.1) is 11.6 Å². The summed E-state index contributed by atoms with van der Waals surface area (Å²) in [5.41, 5.74) is 2.28. The highest BCUT2D eigenvalue weighted by molar-refractivity contribution is 7.08. The fourth-order valence-corrected chi connectivity index (χ4v) is 4.17. The monoisotopic (exact) mass is 292 g/mol. The lowest BCUT2D eigenvalue weighted by atomic mass is 9.73. The maximum absolute atomic E-state index is 13.0. The van der Waals surface area contributed by atoms with Crippen LogP contribution in [0.3, 0.4) is 0 Å². The average Bonchev–Trinajstić information content (AvgIpc) is 2.98. The van der Waals surface area contributed by atoms with Crippen LogP contribution in [0.1, 0.15) is 56.2 Å². The molecule has 2 nitrogen and oxygen atoms in total. The van der Waals surface area contributed by atoms with Gasteiger partial charge < -0.3 is 0 Å². The second-order valence-electron chi connectivity index (χ2n) is 5.26. The first-order valence-electron chi connectivity index (χ1n) is 6.54. The molecule has 1 atom stereocenters. The van der Waals surface area contributed by atoms with E-state index in [9.17, 15) is 13.2 Å². The minimum absolute atomic E-state index is 0.143. The van der Waals surface area contributed by atoms with Crippen molar-refractivity contribution in [3.63, 3.8) is 0 Å². The number of hydrogen-bond acceptors (Lipinski definition) is 3. The van der Waals surface area contributed by atoms with Crippen LogP contribution < -0.4 is 11.3 Å². The first-order valence-corrected chi connectivity index (χ1v) is 7.48. The molecule has 0 aliphatic heterocycles. The molecule has 1 fully saturated rings. The molecule has 0 aromatic carbocycles. The zero-order valence-corrected chi connectivity index (χ0v) is 11.7. The maximum atomic E-state index is 13.0. The summed E-state index contributed by atoms with van der Waals surface area (Å²) in [7, 11) is 0. The van der Waals surface area contributed by atoms with Crippen molar-refractivity contribution in [1.82, 2.24) is 5.43 Å². The molecule has 1 aromatic heterocycles. The van der Waals surface area contributed by atoms with Gasteiger partial charge in [0.25, 0.3) is 0 Å². The number of hydrogen-bond donors (Lipinski definition) is 2. The molecule has 1 heterocycles. The molecule has 6 heteroatoms. The lowest BCUT2D eigenvalue weighted by Crippen LogP contribution is -2.40. The van der Waals surface area contributed by atoms with Crippen molar-refractivity contribution in [1.29, 1.82) is 0 Å². The fourth-order valence-electron chi connectivity index (χ4n) is 3.28. The number of nitrogens with two attached hydrogens (primary N) is 1. The van der Waals surface area contributed by atoms with E-state index in [2.05, 4.69) is 5.43 Å². The fraction of sp³-hybridized carbons (Fsp3) is 0.692. The predicted molar refractivity (Wildman–Crippen MR) is 70.6 cm³/mol. The van der Waals surface area contributed by atoms with E-state index < -0.39 is 17.8 Å². The third-order valence-electron chi connectivity index (χ3n) is 4.39. The minimum Gasteiger partial charge on any atom is -0.271 e. The summed E-state index contributed by atoms with van der Waals surface area (Å²) >= 11 is 1.09. The van der Waals surface area contributed by atoms with Crippen molar-refractivity contribution < 1.29 is 13.2 Å². The Morgan fingerprint density at radius 1 is 1.37 bits per heavy atom. The molecule has 2 rings (SSSR count). The summed E-state index contributed by atoms with van der Waals surface area (Å²) < 4.78 is 39.1. The molecule has 0 amide bonds. The molecule has 0 saturated heterocycles. The number of hydrazine groups is 1. The SMILES string of the molecule is CCC1(C(NN)c2cscc2C(F)(F)F)CCCC1. The zero-order chi connectivity index (χ0) is 14.1. The number of alkyl halides is 3. The standard InChI is InChI=1S/C13H19F3N2S/c1-2-12(5-3-4-6-12)11(18-17)9-7-19-8-10(9)13(14,15)16/h7-8,11,18H,2-6,17H2,1H3. The van der Waals surface area contributed by atoms with Gasteiger partial charge in [-0.05, 0) is 35.6 Å². The van der Waals surface area contributed by atoms with Crippen molar-refractivity contribution in [2.24, 2.45) is 11.3 Å². The van der Waals surface area contributed by atoms with Crippen molar-refractivity contribution in [3.8, 4) is 0 Å². The minimum atomic E-state index is -4.31. The van der Waals surface area contributed by atoms with E-state index in [0.717, 1.165) is 43.4 Å². The number of nitrogens with one attached hydrogen (secondary N) is 1. The number of thiophene rings is 1. The predicted octanol–water partition coefficient (Wildman–Crippen LogP) is 4.24. The van der Waals surface area contributed by atoms with Gasteiger partial charge >= 0.3 is 6.18 Å². The van der Waals surface area contributed by atoms with Gasteiger partial charge in [0.2, 0.25) is 0 Å². The lowest BCUT2D eigenvalue weighted by molar-refractivity contribution is -0.138. The van der Waals surface area contributed by atoms with Crippen LogP contribution in [-0.4, -0.2) is 0 Å². The van der Waals surface area contributed by atoms with Crippen LogP contribution in [0.15, 0.2) is 10.8 Å². The van der Waals surface area contributed by atoms with E-state index in [-0.39, 0.29) is 5.41 Å². The largest absolute Gasteiger partial charge is 0.417 e. The van der Waals surface area contributed by atoms with Crippen LogP contribution in [-0.2, 0) is 6.18 Å². The Hall–Kier alpha value is -0.590. The summed E-state index contributed by atoms with van der Waals surface area (Å²) in [4.78, 5) is 0. The summed E-state index contributed by atoms with van der Waals surface area (Å²) in [5, 5.41) is 2.76. The summed E-state index contributed by atoms with van der Waals surface area (Å²) in [6.07, 6.45) is 0.541. The van der Waals surface area contributed by atoms with E-state index in [1.165, 1.54) is 5.38 Å². The van der Waals surface area contributed by atoms with Gasteiger partial charge in [-0.3, -0.25) is 11.3 Å². The topological polar surface area (TPSA) is 38.0 Å². The summed E-state index contributed by atoms with van der Waals surface area (Å²) in [5.74, 6) is 5.60. The number of rotatable bonds is 4. The second kappa shape index (κ2) is 5.42. The molecular weight excluding hydrogens is 273 g/mol. The van der Waals surface area contributed by atoms with Crippen molar-refractivity contribution >= 4 is 11.3 Å². The van der Waals surface area contributed by atoms with E-state index in [4.69, 9.17) is 5.84 Å². The lowest BCUT2D eigenvalue weighted by Gasteiger charge is -2.37. The van der Waals surface area contributed by atoms with Gasteiger partial charge in [-0.25, -0.2) is 0 Å². The molecule has 1 saturated carbocycles. The molecule has 0 radical (unpaired) electrons. The van der Waals surface area contributed by atoms with Gasteiger partial charge in [-0.15, -0.1) is 0 Å². The maximum Gasteiger partial charge on any atom is 0.417 e. The first-order chi connectivity index (χ1) is 8.94. The van der Waals surface area contributed by atoms with Gasteiger partial charge in [0.15, 0.2) is 0 Å². The Bertz CT molecular complexity index is 422. The Morgan fingerprint density at radius 2 is 2.00 bits per heavy atom. The molecule has 108 valence electrons. The number of halogens is 3. The third kappa shape index (κ3) is 2.66. The van der Waals surface area contributed by atoms with Crippen LogP contribution in [0.25, 0.3) is 0 Å². The Labute approximate surface area is 115 Å². The van der Waals surface area contributed by atoms with Gasteiger partial charge in [-0.1, -0.05) is 19.8 Å². The van der Waals surface area contributed by atoms with Crippen molar-refractivity contribution in [2.75, 3.05) is 0 Å². The van der Waals surface area contributed by atoms with Crippen LogP contribution in [0.2, 0.25) is 0 Å². The van der Waals surface area contributed by atoms with Crippen LogP contribution >= 0.6 is 11.3 Å². The van der Waals surface area contributed by atoms with Gasteiger partial charge in [-0.2, -0.15) is 24.5 Å². The molecule has 0 spiro atoms. The Morgan fingerprint density at radius 3 is 2.47 bits per heavy atom. The molecular formula is C13H19F3N2S. The molecule has 1 aromatic rings. The highest BCUT2D eigenvalue weighted by atomic mass is 32.1. The van der Waals surface area contributed by atoms with Crippen molar-refractivity contribution in [3.05, 3.63) is 21.9 Å². The van der Waals surface area contributed by atoms with Gasteiger partial charge in [0.1, 0.15) is 0 Å². The van der Waals surface area contributed by atoms with Crippen LogP contribution in [0.5, 0.6) is 0 Å². The summed E-state index contributed by atoms with van der Waals surface area (Å²) in [6.45, 7) is 2.04.